The molecule has 1 atom stereocenters. The van der Waals surface area contributed by atoms with Gasteiger partial charge in [0, 0.05) is 0 Å². The van der Waals surface area contributed by atoms with Crippen molar-refractivity contribution in [3.8, 4) is 0 Å². The molecule has 1 aromatic carbocycles. The van der Waals surface area contributed by atoms with Crippen LogP contribution in [0, 0.1) is 0 Å². The molecule has 110 valence electrons. The molecule has 0 radical (unpaired) electrons. The molecule has 0 spiro atoms. The molecule has 0 aromatic heterocycles. The van der Waals surface area contributed by atoms with E-state index in [1.807, 2.05) is 30.3 Å². The number of ether oxygens (including phenoxy) is 2. The van der Waals surface area contributed by atoms with E-state index in [0.29, 0.717) is 6.42 Å². The lowest BCUT2D eigenvalue weighted by atomic mass is 10.2. The van der Waals surface area contributed by atoms with Gasteiger partial charge in [-0.15, -0.1) is 0 Å². The number of rotatable bonds is 7. The molecule has 6 heteroatoms. The van der Waals surface area contributed by atoms with Gasteiger partial charge >= 0.3 is 12.1 Å². The zero-order valence-electron chi connectivity index (χ0n) is 11.3. The van der Waals surface area contributed by atoms with Gasteiger partial charge < -0.3 is 14.8 Å². The molecule has 0 heterocycles. The highest BCUT2D eigenvalue weighted by Gasteiger charge is 2.21. The zero-order chi connectivity index (χ0) is 14.8. The Morgan fingerprint density at radius 1 is 1.30 bits per heavy atom. The topological polar surface area (TPSA) is 64.6 Å². The SMILES string of the molecule is COC(=O)C(CCCI)NC(=O)OCc1ccccc1. The highest BCUT2D eigenvalue weighted by atomic mass is 127. The van der Waals surface area contributed by atoms with Crippen molar-refractivity contribution < 1.29 is 19.1 Å². The van der Waals surface area contributed by atoms with E-state index in [-0.39, 0.29) is 6.61 Å². The van der Waals surface area contributed by atoms with Crippen molar-refractivity contribution in [2.75, 3.05) is 11.5 Å². The normalized spacial score (nSPS) is 11.5. The number of halogens is 1. The van der Waals surface area contributed by atoms with Crippen molar-refractivity contribution in [2.45, 2.75) is 25.5 Å². The standard InChI is InChI=1S/C14H18INO4/c1-19-13(17)12(8-5-9-15)16-14(18)20-10-11-6-3-2-4-7-11/h2-4,6-7,12H,5,8-10H2,1H3,(H,16,18). The number of carbonyl (C=O) groups excluding carboxylic acids is 2. The second-order valence-corrected chi connectivity index (χ2v) is 5.19. The third-order valence-corrected chi connectivity index (χ3v) is 3.38. The fourth-order valence-electron chi connectivity index (χ4n) is 1.58. The molecule has 0 aliphatic carbocycles. The molecule has 0 aliphatic heterocycles. The van der Waals surface area contributed by atoms with Crippen LogP contribution in [0.15, 0.2) is 30.3 Å². The summed E-state index contributed by atoms with van der Waals surface area (Å²) in [5, 5.41) is 2.53. The quantitative estimate of drug-likeness (QED) is 0.441. The summed E-state index contributed by atoms with van der Waals surface area (Å²) >= 11 is 2.22. The number of nitrogens with one attached hydrogen (secondary N) is 1. The summed E-state index contributed by atoms with van der Waals surface area (Å²) < 4.78 is 10.6. The van der Waals surface area contributed by atoms with Crippen LogP contribution in [0.4, 0.5) is 4.79 Å². The number of hydrogen-bond acceptors (Lipinski definition) is 4. The molecule has 1 N–H and O–H groups in total. The molecule has 1 amide bonds. The van der Waals surface area contributed by atoms with Gasteiger partial charge in [0.05, 0.1) is 7.11 Å². The van der Waals surface area contributed by atoms with Crippen molar-refractivity contribution in [1.82, 2.24) is 5.32 Å². The first-order chi connectivity index (χ1) is 9.67. The van der Waals surface area contributed by atoms with E-state index in [2.05, 4.69) is 32.6 Å². The van der Waals surface area contributed by atoms with Crippen LogP contribution in [-0.4, -0.2) is 29.6 Å². The van der Waals surface area contributed by atoms with Crippen molar-refractivity contribution >= 4 is 34.7 Å². The molecular formula is C14H18INO4. The summed E-state index contributed by atoms with van der Waals surface area (Å²) in [5.41, 5.74) is 0.893. The molecule has 0 aliphatic rings. The summed E-state index contributed by atoms with van der Waals surface area (Å²) in [7, 11) is 1.30. The second kappa shape index (κ2) is 9.57. The van der Waals surface area contributed by atoms with Crippen molar-refractivity contribution in [2.24, 2.45) is 0 Å². The van der Waals surface area contributed by atoms with Gasteiger partial charge in [-0.25, -0.2) is 9.59 Å². The maximum absolute atomic E-state index is 11.7. The molecule has 0 saturated heterocycles. The average Bonchev–Trinajstić information content (AvgIpc) is 2.49. The molecular weight excluding hydrogens is 373 g/mol. The van der Waals surface area contributed by atoms with E-state index in [9.17, 15) is 9.59 Å². The lowest BCUT2D eigenvalue weighted by Crippen LogP contribution is -2.41. The van der Waals surface area contributed by atoms with Crippen molar-refractivity contribution in [1.29, 1.82) is 0 Å². The van der Waals surface area contributed by atoms with Gasteiger partial charge in [-0.2, -0.15) is 0 Å². The number of benzene rings is 1. The first kappa shape index (κ1) is 16.7. The van der Waals surface area contributed by atoms with Gasteiger partial charge in [0.15, 0.2) is 0 Å². The Kier molecular flexibility index (Phi) is 8.01. The van der Waals surface area contributed by atoms with Gasteiger partial charge in [0.25, 0.3) is 0 Å². The van der Waals surface area contributed by atoms with E-state index in [1.54, 1.807) is 0 Å². The first-order valence-corrected chi connectivity index (χ1v) is 7.81. The number of carbonyl (C=O) groups is 2. The number of hydrogen-bond donors (Lipinski definition) is 1. The monoisotopic (exact) mass is 391 g/mol. The molecule has 20 heavy (non-hydrogen) atoms. The molecule has 0 saturated carbocycles. The predicted octanol–water partition coefficient (Wildman–Crippen LogP) is 2.67. The fourth-order valence-corrected chi connectivity index (χ4v) is 2.02. The van der Waals surface area contributed by atoms with E-state index < -0.39 is 18.1 Å². The Balaban J connectivity index is 2.43. The van der Waals surface area contributed by atoms with Crippen LogP contribution >= 0.6 is 22.6 Å². The van der Waals surface area contributed by atoms with Crippen LogP contribution in [0.1, 0.15) is 18.4 Å². The minimum Gasteiger partial charge on any atom is -0.467 e. The molecule has 1 rings (SSSR count). The highest BCUT2D eigenvalue weighted by molar-refractivity contribution is 14.1. The van der Waals surface area contributed by atoms with Crippen LogP contribution < -0.4 is 5.32 Å². The molecule has 5 nitrogen and oxygen atoms in total. The van der Waals surface area contributed by atoms with Gasteiger partial charge in [-0.3, -0.25) is 0 Å². The van der Waals surface area contributed by atoms with E-state index in [0.717, 1.165) is 16.4 Å². The second-order valence-electron chi connectivity index (χ2n) is 4.11. The number of amides is 1. The third kappa shape index (κ3) is 6.23. The zero-order valence-corrected chi connectivity index (χ0v) is 13.5. The Hall–Kier alpha value is -1.31. The fraction of sp³-hybridized carbons (Fsp3) is 0.429. The van der Waals surface area contributed by atoms with E-state index >= 15 is 0 Å². The van der Waals surface area contributed by atoms with Gasteiger partial charge in [-0.05, 0) is 22.8 Å². The minimum atomic E-state index is -0.655. The lowest BCUT2D eigenvalue weighted by molar-refractivity contribution is -0.143. The summed E-state index contributed by atoms with van der Waals surface area (Å²) in [4.78, 5) is 23.2. The predicted molar refractivity (Wildman–Crippen MR) is 83.7 cm³/mol. The molecule has 1 unspecified atom stereocenters. The van der Waals surface area contributed by atoms with Gasteiger partial charge in [0.1, 0.15) is 12.6 Å². The first-order valence-electron chi connectivity index (χ1n) is 6.28. The Bertz CT molecular complexity index is 424. The number of alkyl halides is 1. The highest BCUT2D eigenvalue weighted by Crippen LogP contribution is 2.04. The largest absolute Gasteiger partial charge is 0.467 e. The smallest absolute Gasteiger partial charge is 0.408 e. The average molecular weight is 391 g/mol. The maximum atomic E-state index is 11.7. The molecule has 1 aromatic rings. The van der Waals surface area contributed by atoms with Crippen LogP contribution in [0.25, 0.3) is 0 Å². The van der Waals surface area contributed by atoms with Crippen molar-refractivity contribution in [3.05, 3.63) is 35.9 Å². The summed E-state index contributed by atoms with van der Waals surface area (Å²) in [5.74, 6) is -0.452. The van der Waals surface area contributed by atoms with Crippen LogP contribution in [0.3, 0.4) is 0 Å². The number of methoxy groups -OCH3 is 1. The van der Waals surface area contributed by atoms with Gasteiger partial charge in [-0.1, -0.05) is 52.9 Å². The Morgan fingerprint density at radius 2 is 2.00 bits per heavy atom. The maximum Gasteiger partial charge on any atom is 0.408 e. The van der Waals surface area contributed by atoms with Crippen molar-refractivity contribution in [3.63, 3.8) is 0 Å². The summed E-state index contributed by atoms with van der Waals surface area (Å²) in [6, 6.07) is 8.70. The molecule has 0 bridgehead atoms. The van der Waals surface area contributed by atoms with Crippen LogP contribution in [-0.2, 0) is 20.9 Å². The van der Waals surface area contributed by atoms with Gasteiger partial charge in [0.2, 0.25) is 0 Å². The Labute approximate surface area is 132 Å². The molecule has 0 fully saturated rings. The van der Waals surface area contributed by atoms with Crippen LogP contribution in [0.5, 0.6) is 0 Å². The summed E-state index contributed by atoms with van der Waals surface area (Å²) in [6.07, 6.45) is 0.743. The van der Waals surface area contributed by atoms with E-state index in [4.69, 9.17) is 4.74 Å². The summed E-state index contributed by atoms with van der Waals surface area (Å²) in [6.45, 7) is 0.173. The number of esters is 1. The third-order valence-electron chi connectivity index (χ3n) is 2.62. The number of alkyl carbamates (subject to hydrolysis) is 1. The van der Waals surface area contributed by atoms with Crippen LogP contribution in [0.2, 0.25) is 0 Å². The van der Waals surface area contributed by atoms with E-state index in [1.165, 1.54) is 7.11 Å². The Morgan fingerprint density at radius 3 is 2.60 bits per heavy atom. The lowest BCUT2D eigenvalue weighted by Gasteiger charge is -2.15. The minimum absolute atomic E-state index is 0.173.